The third-order valence-electron chi connectivity index (χ3n) is 4.26. The maximum Gasteiger partial charge on any atom is 0.167 e. The molecule has 2 nitrogen and oxygen atoms in total. The van der Waals surface area contributed by atoms with Crippen molar-refractivity contribution < 1.29 is 9.13 Å². The Balaban J connectivity index is 1.83. The van der Waals surface area contributed by atoms with Crippen molar-refractivity contribution >= 4 is 5.69 Å². The van der Waals surface area contributed by atoms with Crippen molar-refractivity contribution in [2.45, 2.75) is 19.3 Å². The Kier molecular flexibility index (Phi) is 4.26. The van der Waals surface area contributed by atoms with Gasteiger partial charge in [-0.3, -0.25) is 0 Å². The van der Waals surface area contributed by atoms with Gasteiger partial charge in [0.25, 0.3) is 0 Å². The molecule has 0 fully saturated rings. The van der Waals surface area contributed by atoms with Gasteiger partial charge >= 0.3 is 0 Å². The van der Waals surface area contributed by atoms with Gasteiger partial charge in [0.2, 0.25) is 0 Å². The molecular formula is C21H20FNO. The lowest BCUT2D eigenvalue weighted by atomic mass is 9.78. The summed E-state index contributed by atoms with van der Waals surface area (Å²) in [5, 5.41) is 0. The Morgan fingerprint density at radius 3 is 2.08 bits per heavy atom. The Hall–Kier alpha value is -2.81. The van der Waals surface area contributed by atoms with Gasteiger partial charge in [-0.2, -0.15) is 0 Å². The summed E-state index contributed by atoms with van der Waals surface area (Å²) in [7, 11) is 0. The molecule has 3 aromatic rings. The van der Waals surface area contributed by atoms with Crippen LogP contribution in [0, 0.1) is 5.82 Å². The minimum absolute atomic E-state index is 0.119. The fourth-order valence-electron chi connectivity index (χ4n) is 2.69. The van der Waals surface area contributed by atoms with Crippen molar-refractivity contribution in [1.82, 2.24) is 0 Å². The molecule has 0 bridgehead atoms. The standard InChI is InChI=1S/C21H20FNO/c1-21(2,15-6-4-3-5-7-15)16-8-11-18(12-9-16)24-20-13-10-17(23)14-19(20)22/h3-14H,23H2,1-2H3. The molecule has 3 rings (SSSR count). The number of halogens is 1. The Labute approximate surface area is 141 Å². The van der Waals surface area contributed by atoms with Crippen LogP contribution >= 0.6 is 0 Å². The fraction of sp³-hybridized carbons (Fsp3) is 0.143. The maximum atomic E-state index is 13.8. The van der Waals surface area contributed by atoms with Gasteiger partial charge in [-0.25, -0.2) is 4.39 Å². The molecule has 0 heterocycles. The third-order valence-corrected chi connectivity index (χ3v) is 4.26. The molecule has 0 amide bonds. The highest BCUT2D eigenvalue weighted by atomic mass is 19.1. The molecular weight excluding hydrogens is 301 g/mol. The van der Waals surface area contributed by atoms with Crippen molar-refractivity contribution in [3.63, 3.8) is 0 Å². The summed E-state index contributed by atoms with van der Waals surface area (Å²) in [5.74, 6) is 0.286. The van der Waals surface area contributed by atoms with Crippen molar-refractivity contribution in [1.29, 1.82) is 0 Å². The summed E-state index contributed by atoms with van der Waals surface area (Å²) >= 11 is 0. The number of ether oxygens (including phenoxy) is 1. The zero-order valence-corrected chi connectivity index (χ0v) is 13.8. The summed E-state index contributed by atoms with van der Waals surface area (Å²) in [6.45, 7) is 4.36. The number of hydrogen-bond acceptors (Lipinski definition) is 2. The zero-order valence-electron chi connectivity index (χ0n) is 13.8. The van der Waals surface area contributed by atoms with Gasteiger partial charge in [0.1, 0.15) is 5.75 Å². The average molecular weight is 321 g/mol. The van der Waals surface area contributed by atoms with E-state index in [4.69, 9.17) is 10.5 Å². The molecule has 0 aromatic heterocycles. The van der Waals surface area contributed by atoms with Crippen LogP contribution in [-0.2, 0) is 5.41 Å². The number of anilines is 1. The number of rotatable bonds is 4. The quantitative estimate of drug-likeness (QED) is 0.642. The molecule has 0 aliphatic rings. The second kappa shape index (κ2) is 6.36. The van der Waals surface area contributed by atoms with E-state index >= 15 is 0 Å². The molecule has 0 radical (unpaired) electrons. The minimum Gasteiger partial charge on any atom is -0.454 e. The van der Waals surface area contributed by atoms with E-state index in [9.17, 15) is 4.39 Å². The molecule has 0 aliphatic carbocycles. The number of hydrogen-bond donors (Lipinski definition) is 1. The van der Waals surface area contributed by atoms with Crippen molar-refractivity contribution in [2.75, 3.05) is 5.73 Å². The van der Waals surface area contributed by atoms with E-state index in [1.807, 2.05) is 42.5 Å². The summed E-state index contributed by atoms with van der Waals surface area (Å²) in [6.07, 6.45) is 0. The van der Waals surface area contributed by atoms with Gasteiger partial charge in [-0.05, 0) is 35.4 Å². The van der Waals surface area contributed by atoms with Crippen LogP contribution in [0.2, 0.25) is 0 Å². The van der Waals surface area contributed by atoms with Crippen molar-refractivity contribution in [3.8, 4) is 11.5 Å². The molecule has 0 unspecified atom stereocenters. The van der Waals surface area contributed by atoms with Gasteiger partial charge < -0.3 is 10.5 Å². The highest BCUT2D eigenvalue weighted by molar-refractivity contribution is 5.45. The minimum atomic E-state index is -0.469. The summed E-state index contributed by atoms with van der Waals surface area (Å²) in [4.78, 5) is 0. The lowest BCUT2D eigenvalue weighted by molar-refractivity contribution is 0.442. The van der Waals surface area contributed by atoms with Crippen LogP contribution in [0.5, 0.6) is 11.5 Å². The number of nitrogens with two attached hydrogens (primary N) is 1. The molecule has 0 saturated heterocycles. The van der Waals surface area contributed by atoms with E-state index in [0.29, 0.717) is 11.4 Å². The fourth-order valence-corrected chi connectivity index (χ4v) is 2.69. The van der Waals surface area contributed by atoms with E-state index in [1.165, 1.54) is 23.3 Å². The van der Waals surface area contributed by atoms with Crippen molar-refractivity contribution in [2.24, 2.45) is 0 Å². The summed E-state index contributed by atoms with van der Waals surface area (Å²) in [6, 6.07) is 22.5. The molecule has 0 saturated carbocycles. The molecule has 24 heavy (non-hydrogen) atoms. The normalized spacial score (nSPS) is 11.3. The van der Waals surface area contributed by atoms with Crippen LogP contribution in [0.15, 0.2) is 72.8 Å². The van der Waals surface area contributed by atoms with Crippen LogP contribution in [0.1, 0.15) is 25.0 Å². The van der Waals surface area contributed by atoms with Crippen LogP contribution in [0.4, 0.5) is 10.1 Å². The molecule has 3 heteroatoms. The van der Waals surface area contributed by atoms with Gasteiger partial charge in [0.05, 0.1) is 0 Å². The van der Waals surface area contributed by atoms with Crippen LogP contribution in [0.3, 0.4) is 0 Å². The first-order chi connectivity index (χ1) is 11.5. The van der Waals surface area contributed by atoms with Gasteiger partial charge in [-0.15, -0.1) is 0 Å². The first-order valence-electron chi connectivity index (χ1n) is 7.86. The van der Waals surface area contributed by atoms with Crippen LogP contribution < -0.4 is 10.5 Å². The Morgan fingerprint density at radius 2 is 1.46 bits per heavy atom. The number of benzene rings is 3. The van der Waals surface area contributed by atoms with Crippen LogP contribution in [-0.4, -0.2) is 0 Å². The van der Waals surface area contributed by atoms with E-state index in [2.05, 4.69) is 26.0 Å². The zero-order chi connectivity index (χ0) is 17.2. The summed E-state index contributed by atoms with van der Waals surface area (Å²) < 4.78 is 19.4. The van der Waals surface area contributed by atoms with Crippen LogP contribution in [0.25, 0.3) is 0 Å². The predicted octanol–water partition coefficient (Wildman–Crippen LogP) is 5.53. The molecule has 3 aromatic carbocycles. The second-order valence-electron chi connectivity index (χ2n) is 6.31. The molecule has 0 aliphatic heterocycles. The third kappa shape index (κ3) is 3.25. The highest BCUT2D eigenvalue weighted by Crippen LogP contribution is 2.33. The first kappa shape index (κ1) is 16.1. The van der Waals surface area contributed by atoms with Gasteiger partial charge in [0.15, 0.2) is 11.6 Å². The van der Waals surface area contributed by atoms with Gasteiger partial charge in [0, 0.05) is 17.2 Å². The Morgan fingerprint density at radius 1 is 0.833 bits per heavy atom. The van der Waals surface area contributed by atoms with Gasteiger partial charge in [-0.1, -0.05) is 56.3 Å². The second-order valence-corrected chi connectivity index (χ2v) is 6.31. The van der Waals surface area contributed by atoms with Crippen molar-refractivity contribution in [3.05, 3.63) is 89.7 Å². The lowest BCUT2D eigenvalue weighted by Gasteiger charge is -2.26. The van der Waals surface area contributed by atoms with E-state index in [1.54, 1.807) is 6.07 Å². The van der Waals surface area contributed by atoms with E-state index < -0.39 is 5.82 Å². The maximum absolute atomic E-state index is 13.8. The molecule has 122 valence electrons. The molecule has 2 N–H and O–H groups in total. The largest absolute Gasteiger partial charge is 0.454 e. The number of nitrogen functional groups attached to an aromatic ring is 1. The van der Waals surface area contributed by atoms with E-state index in [-0.39, 0.29) is 11.2 Å². The molecule has 0 spiro atoms. The van der Waals surface area contributed by atoms with E-state index in [0.717, 1.165) is 0 Å². The smallest absolute Gasteiger partial charge is 0.167 e. The predicted molar refractivity (Wildman–Crippen MR) is 95.9 cm³/mol. The first-order valence-corrected chi connectivity index (χ1v) is 7.86. The Bertz CT molecular complexity index is 826. The monoisotopic (exact) mass is 321 g/mol. The average Bonchev–Trinajstić information content (AvgIpc) is 2.59. The molecule has 0 atom stereocenters. The SMILES string of the molecule is CC(C)(c1ccccc1)c1ccc(Oc2ccc(N)cc2F)cc1. The summed E-state index contributed by atoms with van der Waals surface area (Å²) in [5.41, 5.74) is 8.21. The highest BCUT2D eigenvalue weighted by Gasteiger charge is 2.22. The lowest BCUT2D eigenvalue weighted by Crippen LogP contribution is -2.18. The topological polar surface area (TPSA) is 35.2 Å².